The van der Waals surface area contributed by atoms with E-state index in [1.807, 2.05) is 6.92 Å². The minimum atomic E-state index is -3.60. The Labute approximate surface area is 90.2 Å². The summed E-state index contributed by atoms with van der Waals surface area (Å²) in [6.45, 7) is 2.45. The first-order valence-corrected chi connectivity index (χ1v) is 6.13. The molecule has 0 heterocycles. The molecule has 0 saturated heterocycles. The molecule has 0 bridgehead atoms. The fourth-order valence-corrected chi connectivity index (χ4v) is 1.97. The zero-order valence-electron chi connectivity index (χ0n) is 8.64. The van der Waals surface area contributed by atoms with Crippen LogP contribution >= 0.6 is 0 Å². The number of hydrogen-bond donors (Lipinski definition) is 1. The zero-order chi connectivity index (χ0) is 11.3. The summed E-state index contributed by atoms with van der Waals surface area (Å²) >= 11 is 0. The van der Waals surface area contributed by atoms with Gasteiger partial charge in [0, 0.05) is 0 Å². The highest BCUT2D eigenvalue weighted by Gasteiger charge is 2.13. The first-order chi connectivity index (χ1) is 7.06. The van der Waals surface area contributed by atoms with Crippen LogP contribution in [0.1, 0.15) is 12.0 Å². The molecule has 1 aromatic rings. The molecule has 84 valence electrons. The monoisotopic (exact) mass is 229 g/mol. The first kappa shape index (κ1) is 12.2. The highest BCUT2D eigenvalue weighted by molar-refractivity contribution is 7.86. The topological polar surface area (TPSA) is 69.4 Å². The largest absolute Gasteiger partial charge is 0.330 e. The average molecular weight is 229 g/mol. The van der Waals surface area contributed by atoms with Gasteiger partial charge in [-0.2, -0.15) is 8.42 Å². The normalized spacial score (nSPS) is 11.6. The molecule has 0 unspecified atom stereocenters. The Bertz CT molecular complexity index is 397. The van der Waals surface area contributed by atoms with Crippen LogP contribution in [0.2, 0.25) is 0 Å². The van der Waals surface area contributed by atoms with E-state index in [2.05, 4.69) is 0 Å². The van der Waals surface area contributed by atoms with E-state index in [0.29, 0.717) is 13.0 Å². The molecule has 0 saturated carbocycles. The molecule has 0 aromatic heterocycles. The van der Waals surface area contributed by atoms with Crippen LogP contribution in [0.15, 0.2) is 29.2 Å². The first-order valence-electron chi connectivity index (χ1n) is 4.72. The van der Waals surface area contributed by atoms with E-state index in [1.54, 1.807) is 12.1 Å². The molecule has 15 heavy (non-hydrogen) atoms. The second-order valence-corrected chi connectivity index (χ2v) is 4.85. The quantitative estimate of drug-likeness (QED) is 0.605. The molecule has 0 spiro atoms. The van der Waals surface area contributed by atoms with Crippen molar-refractivity contribution in [1.82, 2.24) is 0 Å². The molecule has 1 aromatic carbocycles. The van der Waals surface area contributed by atoms with E-state index in [0.717, 1.165) is 5.56 Å². The molecule has 0 aliphatic rings. The predicted octanol–water partition coefficient (Wildman–Crippen LogP) is 1.05. The van der Waals surface area contributed by atoms with Gasteiger partial charge in [0.25, 0.3) is 10.1 Å². The van der Waals surface area contributed by atoms with Gasteiger partial charge in [-0.1, -0.05) is 17.7 Å². The average Bonchev–Trinajstić information content (AvgIpc) is 2.18. The van der Waals surface area contributed by atoms with Crippen molar-refractivity contribution in [3.63, 3.8) is 0 Å². The lowest BCUT2D eigenvalue weighted by molar-refractivity contribution is 0.314. The second kappa shape index (κ2) is 5.25. The molecule has 2 N–H and O–H groups in total. The summed E-state index contributed by atoms with van der Waals surface area (Å²) < 4.78 is 27.9. The maximum atomic E-state index is 11.6. The van der Waals surface area contributed by atoms with Crippen LogP contribution < -0.4 is 5.73 Å². The summed E-state index contributed by atoms with van der Waals surface area (Å²) in [5.74, 6) is 0. The third-order valence-electron chi connectivity index (χ3n) is 1.90. The SMILES string of the molecule is Cc1ccc(S(=O)(=O)OCCCN)cc1. The van der Waals surface area contributed by atoms with Crippen molar-refractivity contribution < 1.29 is 12.6 Å². The molecule has 0 atom stereocenters. The van der Waals surface area contributed by atoms with Crippen LogP contribution in [0.25, 0.3) is 0 Å². The smallest absolute Gasteiger partial charge is 0.296 e. The fourth-order valence-electron chi connectivity index (χ4n) is 1.02. The molecular formula is C10H15NO3S. The minimum absolute atomic E-state index is 0.132. The summed E-state index contributed by atoms with van der Waals surface area (Å²) in [5.41, 5.74) is 6.25. The van der Waals surface area contributed by atoms with Crippen molar-refractivity contribution in [2.45, 2.75) is 18.2 Å². The molecular weight excluding hydrogens is 214 g/mol. The van der Waals surface area contributed by atoms with Gasteiger partial charge in [-0.25, -0.2) is 0 Å². The number of aryl methyl sites for hydroxylation is 1. The van der Waals surface area contributed by atoms with Crippen molar-refractivity contribution in [2.75, 3.05) is 13.2 Å². The van der Waals surface area contributed by atoms with E-state index in [-0.39, 0.29) is 11.5 Å². The summed E-state index contributed by atoms with van der Waals surface area (Å²) in [5, 5.41) is 0. The van der Waals surface area contributed by atoms with E-state index >= 15 is 0 Å². The minimum Gasteiger partial charge on any atom is -0.330 e. The van der Waals surface area contributed by atoms with Crippen molar-refractivity contribution >= 4 is 10.1 Å². The Hall–Kier alpha value is -0.910. The van der Waals surface area contributed by atoms with Crippen LogP contribution in [0.5, 0.6) is 0 Å². The summed E-state index contributed by atoms with van der Waals surface area (Å²) in [6, 6.07) is 6.54. The lowest BCUT2D eigenvalue weighted by Crippen LogP contribution is -2.10. The van der Waals surface area contributed by atoms with E-state index in [4.69, 9.17) is 9.92 Å². The van der Waals surface area contributed by atoms with Gasteiger partial charge < -0.3 is 5.73 Å². The lowest BCUT2D eigenvalue weighted by atomic mass is 10.2. The summed E-state index contributed by atoms with van der Waals surface area (Å²) in [4.78, 5) is 0.185. The highest BCUT2D eigenvalue weighted by Crippen LogP contribution is 2.13. The Balaban J connectivity index is 2.73. The maximum Gasteiger partial charge on any atom is 0.296 e. The molecule has 4 nitrogen and oxygen atoms in total. The number of hydrogen-bond acceptors (Lipinski definition) is 4. The van der Waals surface area contributed by atoms with Gasteiger partial charge >= 0.3 is 0 Å². The Kier molecular flexibility index (Phi) is 4.26. The van der Waals surface area contributed by atoms with Gasteiger partial charge in [0.1, 0.15) is 0 Å². The molecule has 0 fully saturated rings. The molecule has 0 amide bonds. The van der Waals surface area contributed by atoms with Gasteiger partial charge in [-0.15, -0.1) is 0 Å². The fraction of sp³-hybridized carbons (Fsp3) is 0.400. The van der Waals surface area contributed by atoms with Gasteiger partial charge in [0.15, 0.2) is 0 Å². The number of benzene rings is 1. The van der Waals surface area contributed by atoms with Crippen molar-refractivity contribution in [3.05, 3.63) is 29.8 Å². The van der Waals surface area contributed by atoms with E-state index < -0.39 is 10.1 Å². The van der Waals surface area contributed by atoms with Crippen LogP contribution in [0, 0.1) is 6.92 Å². The van der Waals surface area contributed by atoms with Crippen molar-refractivity contribution in [1.29, 1.82) is 0 Å². The Morgan fingerprint density at radius 2 is 1.87 bits per heavy atom. The summed E-state index contributed by atoms with van der Waals surface area (Å²) in [7, 11) is -3.60. The van der Waals surface area contributed by atoms with E-state index in [1.165, 1.54) is 12.1 Å². The third kappa shape index (κ3) is 3.62. The maximum absolute atomic E-state index is 11.6. The van der Waals surface area contributed by atoms with Gasteiger partial charge in [0.2, 0.25) is 0 Å². The van der Waals surface area contributed by atoms with Gasteiger partial charge in [-0.05, 0) is 32.0 Å². The third-order valence-corrected chi connectivity index (χ3v) is 3.22. The van der Waals surface area contributed by atoms with Gasteiger partial charge in [-0.3, -0.25) is 4.18 Å². The molecule has 5 heteroatoms. The Morgan fingerprint density at radius 1 is 1.27 bits per heavy atom. The number of nitrogens with two attached hydrogens (primary N) is 1. The second-order valence-electron chi connectivity index (χ2n) is 3.23. The summed E-state index contributed by atoms with van der Waals surface area (Å²) in [6.07, 6.45) is 0.533. The molecule has 0 radical (unpaired) electrons. The van der Waals surface area contributed by atoms with Crippen LogP contribution in [0.4, 0.5) is 0 Å². The molecule has 0 aliphatic carbocycles. The van der Waals surface area contributed by atoms with Gasteiger partial charge in [0.05, 0.1) is 11.5 Å². The van der Waals surface area contributed by atoms with Crippen LogP contribution in [0.3, 0.4) is 0 Å². The van der Waals surface area contributed by atoms with Crippen molar-refractivity contribution in [2.24, 2.45) is 5.73 Å². The number of rotatable bonds is 5. The zero-order valence-corrected chi connectivity index (χ0v) is 9.46. The van der Waals surface area contributed by atoms with Crippen molar-refractivity contribution in [3.8, 4) is 0 Å². The van der Waals surface area contributed by atoms with E-state index in [9.17, 15) is 8.42 Å². The predicted molar refractivity (Wildman–Crippen MR) is 58.0 cm³/mol. The Morgan fingerprint density at radius 3 is 2.40 bits per heavy atom. The van der Waals surface area contributed by atoms with Crippen LogP contribution in [-0.4, -0.2) is 21.6 Å². The lowest BCUT2D eigenvalue weighted by Gasteiger charge is -2.04. The molecule has 0 aliphatic heterocycles. The highest BCUT2D eigenvalue weighted by atomic mass is 32.2. The van der Waals surface area contributed by atoms with Crippen LogP contribution in [-0.2, 0) is 14.3 Å². The standard InChI is InChI=1S/C10H15NO3S/c1-9-3-5-10(6-4-9)15(12,13)14-8-2-7-11/h3-6H,2,7-8,11H2,1H3. The molecule has 1 rings (SSSR count).